The van der Waals surface area contributed by atoms with Crippen LogP contribution in [0.4, 0.5) is 18.9 Å². The Morgan fingerprint density at radius 1 is 1.09 bits per heavy atom. The van der Waals surface area contributed by atoms with Gasteiger partial charge in [-0.05, 0) is 54.4 Å². The molecular formula is C25H23F3N4O2S. The lowest BCUT2D eigenvalue weighted by Gasteiger charge is -2.12. The number of amides is 1. The molecule has 1 N–H and O–H groups in total. The van der Waals surface area contributed by atoms with Crippen LogP contribution in [0.5, 0.6) is 5.75 Å². The van der Waals surface area contributed by atoms with Crippen LogP contribution in [0.3, 0.4) is 0 Å². The first-order valence-corrected chi connectivity index (χ1v) is 11.9. The molecule has 1 aromatic heterocycles. The number of halogens is 3. The van der Waals surface area contributed by atoms with E-state index in [9.17, 15) is 18.0 Å². The predicted molar refractivity (Wildman–Crippen MR) is 130 cm³/mol. The molecule has 1 amide bonds. The predicted octanol–water partition coefficient (Wildman–Crippen LogP) is 6.09. The monoisotopic (exact) mass is 500 g/mol. The average Bonchev–Trinajstić information content (AvgIpc) is 3.24. The zero-order valence-corrected chi connectivity index (χ0v) is 19.9. The number of aryl methyl sites for hydroxylation is 1. The van der Waals surface area contributed by atoms with Crippen molar-refractivity contribution >= 4 is 34.1 Å². The minimum absolute atomic E-state index is 0.0288. The number of rotatable bonds is 8. The number of hydrogen-bond acceptors (Lipinski definition) is 5. The summed E-state index contributed by atoms with van der Waals surface area (Å²) in [4.78, 5) is 12.3. The first-order chi connectivity index (χ1) is 16.8. The number of thioether (sulfide) groups is 1. The number of hydrogen-bond donors (Lipinski definition) is 1. The zero-order valence-electron chi connectivity index (χ0n) is 19.1. The van der Waals surface area contributed by atoms with E-state index in [0.717, 1.165) is 46.0 Å². The van der Waals surface area contributed by atoms with Crippen LogP contribution in [-0.4, -0.2) is 26.4 Å². The molecule has 0 aliphatic heterocycles. The highest BCUT2D eigenvalue weighted by Crippen LogP contribution is 2.31. The molecule has 0 saturated heterocycles. The van der Waals surface area contributed by atoms with Crippen LogP contribution in [0.2, 0.25) is 0 Å². The van der Waals surface area contributed by atoms with Gasteiger partial charge in [-0.25, -0.2) is 0 Å². The number of nitrogens with one attached hydrogen (secondary N) is 1. The molecular weight excluding hydrogens is 477 g/mol. The molecule has 3 aromatic carbocycles. The molecule has 0 saturated carbocycles. The van der Waals surface area contributed by atoms with E-state index in [1.807, 2.05) is 54.8 Å². The van der Waals surface area contributed by atoms with Crippen LogP contribution in [0, 0.1) is 6.92 Å². The Morgan fingerprint density at radius 2 is 1.89 bits per heavy atom. The summed E-state index contributed by atoms with van der Waals surface area (Å²) in [5, 5.41) is 13.6. The van der Waals surface area contributed by atoms with Crippen molar-refractivity contribution in [2.24, 2.45) is 0 Å². The normalized spacial score (nSPS) is 11.6. The van der Waals surface area contributed by atoms with Gasteiger partial charge in [-0.2, -0.15) is 13.2 Å². The fourth-order valence-corrected chi connectivity index (χ4v) is 4.48. The van der Waals surface area contributed by atoms with Gasteiger partial charge in [0.25, 0.3) is 0 Å². The number of anilines is 1. The molecule has 0 spiro atoms. The number of ether oxygens (including phenoxy) is 1. The molecule has 0 radical (unpaired) electrons. The second-order valence-corrected chi connectivity index (χ2v) is 8.70. The summed E-state index contributed by atoms with van der Waals surface area (Å²) in [6.07, 6.45) is -4.48. The Balaban J connectivity index is 1.38. The minimum Gasteiger partial charge on any atom is -0.485 e. The third kappa shape index (κ3) is 5.76. The summed E-state index contributed by atoms with van der Waals surface area (Å²) in [6, 6.07) is 16.5. The summed E-state index contributed by atoms with van der Waals surface area (Å²) in [6.45, 7) is 4.71. The molecule has 35 heavy (non-hydrogen) atoms. The van der Waals surface area contributed by atoms with E-state index < -0.39 is 17.6 Å². The highest BCUT2D eigenvalue weighted by molar-refractivity contribution is 7.99. The Bertz CT molecular complexity index is 1350. The van der Waals surface area contributed by atoms with Crippen molar-refractivity contribution < 1.29 is 22.7 Å². The molecule has 182 valence electrons. The summed E-state index contributed by atoms with van der Waals surface area (Å²) in [5.74, 6) is 0.897. The number of carbonyl (C=O) groups is 1. The van der Waals surface area contributed by atoms with Crippen LogP contribution in [0.1, 0.15) is 23.9 Å². The highest BCUT2D eigenvalue weighted by atomic mass is 32.2. The summed E-state index contributed by atoms with van der Waals surface area (Å²) < 4.78 is 46.5. The van der Waals surface area contributed by atoms with Gasteiger partial charge in [-0.3, -0.25) is 4.79 Å². The van der Waals surface area contributed by atoms with Gasteiger partial charge >= 0.3 is 6.18 Å². The van der Waals surface area contributed by atoms with E-state index in [-0.39, 0.29) is 18.0 Å². The second kappa shape index (κ2) is 10.4. The summed E-state index contributed by atoms with van der Waals surface area (Å²) in [7, 11) is 0. The molecule has 0 aliphatic rings. The Morgan fingerprint density at radius 3 is 2.66 bits per heavy atom. The molecule has 4 rings (SSSR count). The van der Waals surface area contributed by atoms with E-state index in [1.54, 1.807) is 0 Å². The smallest absolute Gasteiger partial charge is 0.416 e. The standard InChI is InChI=1S/C25H23F3N4O2S/c1-3-32-22(14-34-21-12-11-17-7-4-5-10-20(17)16(21)2)30-31-24(32)35-15-23(33)29-19-9-6-8-18(13-19)25(26,27)28/h4-13H,3,14-15H2,1-2H3,(H,29,33). The number of fused-ring (bicyclic) bond motifs is 1. The molecule has 0 unspecified atom stereocenters. The van der Waals surface area contributed by atoms with Gasteiger partial charge in [0, 0.05) is 12.2 Å². The molecule has 10 heteroatoms. The van der Waals surface area contributed by atoms with E-state index in [4.69, 9.17) is 4.74 Å². The molecule has 0 atom stereocenters. The largest absolute Gasteiger partial charge is 0.485 e. The third-order valence-corrected chi connectivity index (χ3v) is 6.39. The van der Waals surface area contributed by atoms with Crippen molar-refractivity contribution in [3.63, 3.8) is 0 Å². The van der Waals surface area contributed by atoms with Crippen molar-refractivity contribution in [1.29, 1.82) is 0 Å². The topological polar surface area (TPSA) is 69.0 Å². The van der Waals surface area contributed by atoms with Crippen LogP contribution >= 0.6 is 11.8 Å². The maximum Gasteiger partial charge on any atom is 0.416 e. The van der Waals surface area contributed by atoms with E-state index in [2.05, 4.69) is 15.5 Å². The maximum absolute atomic E-state index is 12.9. The van der Waals surface area contributed by atoms with Gasteiger partial charge in [0.15, 0.2) is 11.0 Å². The van der Waals surface area contributed by atoms with Gasteiger partial charge < -0.3 is 14.6 Å². The van der Waals surface area contributed by atoms with E-state index in [0.29, 0.717) is 17.5 Å². The summed E-state index contributed by atoms with van der Waals surface area (Å²) in [5.41, 5.74) is 0.300. The lowest BCUT2D eigenvalue weighted by Crippen LogP contribution is -2.15. The Labute approximate surface area is 204 Å². The van der Waals surface area contributed by atoms with Crippen LogP contribution in [0.25, 0.3) is 10.8 Å². The third-order valence-electron chi connectivity index (χ3n) is 5.42. The van der Waals surface area contributed by atoms with Crippen molar-refractivity contribution in [1.82, 2.24) is 14.8 Å². The summed E-state index contributed by atoms with van der Waals surface area (Å²) >= 11 is 1.16. The zero-order chi connectivity index (χ0) is 25.0. The number of benzene rings is 3. The van der Waals surface area contributed by atoms with Crippen molar-refractivity contribution in [2.75, 3.05) is 11.1 Å². The molecule has 0 bridgehead atoms. The number of carbonyl (C=O) groups excluding carboxylic acids is 1. The molecule has 1 heterocycles. The minimum atomic E-state index is -4.48. The van der Waals surface area contributed by atoms with Crippen molar-refractivity contribution in [3.05, 3.63) is 77.6 Å². The second-order valence-electron chi connectivity index (χ2n) is 7.76. The first kappa shape index (κ1) is 24.6. The molecule has 0 aliphatic carbocycles. The lowest BCUT2D eigenvalue weighted by molar-refractivity contribution is -0.137. The van der Waals surface area contributed by atoms with Crippen molar-refractivity contribution in [2.45, 2.75) is 38.3 Å². The quantitative estimate of drug-likeness (QED) is 0.297. The average molecular weight is 501 g/mol. The number of aromatic nitrogens is 3. The van der Waals surface area contributed by atoms with Crippen LogP contribution in [0.15, 0.2) is 65.8 Å². The molecule has 4 aromatic rings. The van der Waals surface area contributed by atoms with Gasteiger partial charge in [0.2, 0.25) is 5.91 Å². The van der Waals surface area contributed by atoms with Crippen LogP contribution < -0.4 is 10.1 Å². The van der Waals surface area contributed by atoms with Gasteiger partial charge in [0.1, 0.15) is 12.4 Å². The number of nitrogens with zero attached hydrogens (tertiary/aromatic N) is 3. The lowest BCUT2D eigenvalue weighted by atomic mass is 10.0. The Hall–Kier alpha value is -3.53. The SMILES string of the molecule is CCn1c(COc2ccc3ccccc3c2C)nnc1SCC(=O)Nc1cccc(C(F)(F)F)c1. The highest BCUT2D eigenvalue weighted by Gasteiger charge is 2.30. The van der Waals surface area contributed by atoms with Crippen molar-refractivity contribution in [3.8, 4) is 5.75 Å². The van der Waals surface area contributed by atoms with E-state index >= 15 is 0 Å². The maximum atomic E-state index is 12.9. The van der Waals surface area contributed by atoms with Gasteiger partial charge in [-0.15, -0.1) is 10.2 Å². The molecule has 0 fully saturated rings. The fourth-order valence-electron chi connectivity index (χ4n) is 3.66. The fraction of sp³-hybridized carbons (Fsp3) is 0.240. The molecule has 6 nitrogen and oxygen atoms in total. The first-order valence-electron chi connectivity index (χ1n) is 10.9. The van der Waals surface area contributed by atoms with Gasteiger partial charge in [-0.1, -0.05) is 48.2 Å². The van der Waals surface area contributed by atoms with Crippen LogP contribution in [-0.2, 0) is 24.1 Å². The number of alkyl halides is 3. The van der Waals surface area contributed by atoms with Gasteiger partial charge in [0.05, 0.1) is 11.3 Å². The van der Waals surface area contributed by atoms with E-state index in [1.165, 1.54) is 12.1 Å². The Kier molecular flexibility index (Phi) is 7.30.